The number of piperidine rings is 1. The van der Waals surface area contributed by atoms with E-state index in [0.717, 1.165) is 4.90 Å². The Balaban J connectivity index is 1.88. The molecule has 1 aliphatic heterocycles. The lowest BCUT2D eigenvalue weighted by atomic mass is 9.97. The van der Waals surface area contributed by atoms with E-state index in [-0.39, 0.29) is 24.3 Å². The Hall–Kier alpha value is -2.02. The molecule has 0 aromatic heterocycles. The van der Waals surface area contributed by atoms with Gasteiger partial charge in [-0.2, -0.15) is 0 Å². The highest BCUT2D eigenvalue weighted by molar-refractivity contribution is 7.99. The SMILES string of the molecule is CC(C)Sc1ccc(C(=O)N(C)CC(=O)N2CCC(C(=O)O)CC2)cc1. The number of nitrogens with zero attached hydrogens (tertiary/aromatic N) is 2. The summed E-state index contributed by atoms with van der Waals surface area (Å²) in [5.41, 5.74) is 0.554. The van der Waals surface area contributed by atoms with Crippen LogP contribution in [0.5, 0.6) is 0 Å². The summed E-state index contributed by atoms with van der Waals surface area (Å²) in [6.45, 7) is 5.09. The predicted octanol–water partition coefficient (Wildman–Crippen LogP) is 2.58. The molecule has 2 rings (SSSR count). The maximum Gasteiger partial charge on any atom is 0.306 e. The highest BCUT2D eigenvalue weighted by Gasteiger charge is 2.28. The number of carboxylic acid groups (broad SMARTS) is 1. The second-order valence-corrected chi connectivity index (χ2v) is 8.50. The van der Waals surface area contributed by atoms with Crippen LogP contribution in [0.4, 0.5) is 0 Å². The summed E-state index contributed by atoms with van der Waals surface area (Å²) in [5.74, 6) is -1.51. The van der Waals surface area contributed by atoms with Crippen molar-refractivity contribution in [3.63, 3.8) is 0 Å². The van der Waals surface area contributed by atoms with Gasteiger partial charge in [-0.15, -0.1) is 11.8 Å². The second kappa shape index (κ2) is 9.07. The smallest absolute Gasteiger partial charge is 0.306 e. The van der Waals surface area contributed by atoms with Gasteiger partial charge in [-0.25, -0.2) is 0 Å². The van der Waals surface area contributed by atoms with Crippen molar-refractivity contribution in [2.45, 2.75) is 36.8 Å². The maximum atomic E-state index is 12.5. The first kappa shape index (κ1) is 20.3. The van der Waals surface area contributed by atoms with Gasteiger partial charge in [-0.1, -0.05) is 13.8 Å². The molecule has 1 saturated heterocycles. The normalized spacial score (nSPS) is 15.2. The molecule has 26 heavy (non-hydrogen) atoms. The molecule has 6 nitrogen and oxygen atoms in total. The Morgan fingerprint density at radius 3 is 2.27 bits per heavy atom. The number of amides is 2. The number of likely N-dealkylation sites (tertiary alicyclic amines) is 1. The van der Waals surface area contributed by atoms with Crippen LogP contribution in [-0.4, -0.2) is 64.6 Å². The van der Waals surface area contributed by atoms with Gasteiger partial charge in [0.15, 0.2) is 0 Å². The van der Waals surface area contributed by atoms with Crippen LogP contribution in [0, 0.1) is 5.92 Å². The summed E-state index contributed by atoms with van der Waals surface area (Å²) < 4.78 is 0. The van der Waals surface area contributed by atoms with E-state index in [9.17, 15) is 14.4 Å². The number of aliphatic carboxylic acids is 1. The fourth-order valence-corrected chi connectivity index (χ4v) is 3.76. The first-order valence-corrected chi connectivity index (χ1v) is 9.68. The molecule has 0 unspecified atom stereocenters. The van der Waals surface area contributed by atoms with Gasteiger partial charge in [0.05, 0.1) is 12.5 Å². The van der Waals surface area contributed by atoms with Crippen LogP contribution < -0.4 is 0 Å². The van der Waals surface area contributed by atoms with Gasteiger partial charge in [-0.3, -0.25) is 14.4 Å². The molecule has 0 saturated carbocycles. The lowest BCUT2D eigenvalue weighted by molar-refractivity contribution is -0.145. The van der Waals surface area contributed by atoms with Crippen LogP contribution in [-0.2, 0) is 9.59 Å². The number of carbonyl (C=O) groups excluding carboxylic acids is 2. The zero-order valence-corrected chi connectivity index (χ0v) is 16.3. The zero-order valence-electron chi connectivity index (χ0n) is 15.5. The summed E-state index contributed by atoms with van der Waals surface area (Å²) in [5, 5.41) is 9.49. The monoisotopic (exact) mass is 378 g/mol. The second-order valence-electron chi connectivity index (χ2n) is 6.85. The van der Waals surface area contributed by atoms with Crippen LogP contribution in [0.15, 0.2) is 29.2 Å². The summed E-state index contributed by atoms with van der Waals surface area (Å²) in [6, 6.07) is 7.41. The highest BCUT2D eigenvalue weighted by atomic mass is 32.2. The molecule has 0 radical (unpaired) electrons. The van der Waals surface area contributed by atoms with Crippen LogP contribution in [0.1, 0.15) is 37.0 Å². The molecule has 1 aliphatic rings. The lowest BCUT2D eigenvalue weighted by Crippen LogP contribution is -2.45. The Morgan fingerprint density at radius 2 is 1.77 bits per heavy atom. The fourth-order valence-electron chi connectivity index (χ4n) is 2.92. The first-order valence-electron chi connectivity index (χ1n) is 8.80. The van der Waals surface area contributed by atoms with E-state index in [4.69, 9.17) is 5.11 Å². The van der Waals surface area contributed by atoms with Gasteiger partial charge >= 0.3 is 5.97 Å². The molecular weight excluding hydrogens is 352 g/mol. The molecule has 2 amide bonds. The van der Waals surface area contributed by atoms with E-state index in [2.05, 4.69) is 13.8 Å². The molecule has 142 valence electrons. The summed E-state index contributed by atoms with van der Waals surface area (Å²) in [4.78, 5) is 40.0. The van der Waals surface area contributed by atoms with E-state index < -0.39 is 5.97 Å². The number of thioether (sulfide) groups is 1. The molecule has 0 aliphatic carbocycles. The molecule has 7 heteroatoms. The van der Waals surface area contributed by atoms with Crippen molar-refractivity contribution in [3.8, 4) is 0 Å². The van der Waals surface area contributed by atoms with Gasteiger partial charge < -0.3 is 14.9 Å². The molecule has 1 aromatic rings. The van der Waals surface area contributed by atoms with E-state index in [1.807, 2.05) is 12.1 Å². The number of benzene rings is 1. The highest BCUT2D eigenvalue weighted by Crippen LogP contribution is 2.23. The summed E-state index contributed by atoms with van der Waals surface area (Å²) in [7, 11) is 1.61. The standard InChI is InChI=1S/C19H26N2O4S/c1-13(2)26-16-6-4-14(5-7-16)18(23)20(3)12-17(22)21-10-8-15(9-11-21)19(24)25/h4-7,13,15H,8-12H2,1-3H3,(H,24,25). The average Bonchev–Trinajstić information content (AvgIpc) is 2.61. The maximum absolute atomic E-state index is 12.5. The topological polar surface area (TPSA) is 77.9 Å². The third-order valence-electron chi connectivity index (χ3n) is 4.39. The summed E-state index contributed by atoms with van der Waals surface area (Å²) in [6.07, 6.45) is 0.932. The third-order valence-corrected chi connectivity index (χ3v) is 5.40. The molecular formula is C19H26N2O4S. The number of carboxylic acids is 1. The average molecular weight is 378 g/mol. The van der Waals surface area contributed by atoms with E-state index in [1.165, 1.54) is 4.90 Å². The van der Waals surface area contributed by atoms with Gasteiger partial charge in [-0.05, 0) is 37.1 Å². The Morgan fingerprint density at radius 1 is 1.19 bits per heavy atom. The molecule has 1 N–H and O–H groups in total. The van der Waals surface area contributed by atoms with Crippen LogP contribution in [0.25, 0.3) is 0 Å². The minimum Gasteiger partial charge on any atom is -0.481 e. The minimum atomic E-state index is -0.802. The predicted molar refractivity (Wildman–Crippen MR) is 101 cm³/mol. The third kappa shape index (κ3) is 5.49. The number of hydrogen-bond donors (Lipinski definition) is 1. The van der Waals surface area contributed by atoms with Crippen molar-refractivity contribution in [1.82, 2.24) is 9.80 Å². The van der Waals surface area contributed by atoms with E-state index >= 15 is 0 Å². The number of carbonyl (C=O) groups is 3. The quantitative estimate of drug-likeness (QED) is 0.770. The van der Waals surface area contributed by atoms with Crippen LogP contribution >= 0.6 is 11.8 Å². The van der Waals surface area contributed by atoms with Gasteiger partial charge in [0.2, 0.25) is 5.91 Å². The van der Waals surface area contributed by atoms with Crippen molar-refractivity contribution in [1.29, 1.82) is 0 Å². The van der Waals surface area contributed by atoms with Crippen molar-refractivity contribution >= 4 is 29.5 Å². The molecule has 1 aromatic carbocycles. The first-order chi connectivity index (χ1) is 12.3. The Kier molecular flexibility index (Phi) is 7.08. The van der Waals surface area contributed by atoms with E-state index in [1.54, 1.807) is 35.8 Å². The molecule has 1 heterocycles. The Bertz CT molecular complexity index is 652. The van der Waals surface area contributed by atoms with Crippen molar-refractivity contribution in [2.24, 2.45) is 5.92 Å². The van der Waals surface area contributed by atoms with Gasteiger partial charge in [0, 0.05) is 35.8 Å². The van der Waals surface area contributed by atoms with E-state index in [0.29, 0.717) is 36.7 Å². The lowest BCUT2D eigenvalue weighted by Gasteiger charge is -2.31. The number of likely N-dealkylation sites (N-methyl/N-ethyl adjacent to an activating group) is 1. The van der Waals surface area contributed by atoms with Crippen molar-refractivity contribution in [2.75, 3.05) is 26.7 Å². The zero-order chi connectivity index (χ0) is 19.3. The molecule has 0 spiro atoms. The number of hydrogen-bond acceptors (Lipinski definition) is 4. The van der Waals surface area contributed by atoms with Crippen LogP contribution in [0.3, 0.4) is 0 Å². The fraction of sp³-hybridized carbons (Fsp3) is 0.526. The molecule has 0 bridgehead atoms. The van der Waals surface area contributed by atoms with Gasteiger partial charge in [0.25, 0.3) is 5.91 Å². The molecule has 1 fully saturated rings. The Labute approximate surface area is 158 Å². The number of rotatable bonds is 6. The summed E-state index contributed by atoms with van der Waals surface area (Å²) >= 11 is 1.73. The van der Waals surface area contributed by atoms with Crippen LogP contribution in [0.2, 0.25) is 0 Å². The van der Waals surface area contributed by atoms with Crippen molar-refractivity contribution in [3.05, 3.63) is 29.8 Å². The minimum absolute atomic E-state index is 0.000926. The largest absolute Gasteiger partial charge is 0.481 e. The van der Waals surface area contributed by atoms with Crippen molar-refractivity contribution < 1.29 is 19.5 Å². The van der Waals surface area contributed by atoms with Gasteiger partial charge in [0.1, 0.15) is 0 Å². The molecule has 0 atom stereocenters.